The van der Waals surface area contributed by atoms with E-state index in [2.05, 4.69) is 16.8 Å². The molecule has 0 aliphatic rings. The molecule has 0 aliphatic carbocycles. The van der Waals surface area contributed by atoms with Crippen molar-refractivity contribution in [2.75, 3.05) is 32.8 Å². The summed E-state index contributed by atoms with van der Waals surface area (Å²) >= 11 is 1.63. The van der Waals surface area contributed by atoms with Crippen LogP contribution in [0.25, 0.3) is 10.2 Å². The Kier molecular flexibility index (Phi) is 6.55. The largest absolute Gasteiger partial charge is 0.492 e. The van der Waals surface area contributed by atoms with Crippen molar-refractivity contribution in [2.24, 2.45) is 0 Å². The number of hydrogen-bond acceptors (Lipinski definition) is 5. The van der Waals surface area contributed by atoms with Gasteiger partial charge in [-0.25, -0.2) is 9.37 Å². The molecular formula is C20H23FN2O2S. The predicted molar refractivity (Wildman–Crippen MR) is 104 cm³/mol. The Morgan fingerprint density at radius 3 is 2.69 bits per heavy atom. The summed E-state index contributed by atoms with van der Waals surface area (Å²) in [6.07, 6.45) is 0.697. The highest BCUT2D eigenvalue weighted by atomic mass is 32.1. The highest BCUT2D eigenvalue weighted by molar-refractivity contribution is 7.18. The molecule has 0 spiro atoms. The molecule has 138 valence electrons. The first-order valence-corrected chi connectivity index (χ1v) is 9.59. The normalized spacial score (nSPS) is 11.4. The Bertz CT molecular complexity index is 835. The zero-order valence-corrected chi connectivity index (χ0v) is 15.6. The maximum atomic E-state index is 13.0. The second-order valence-corrected chi connectivity index (χ2v) is 7.16. The van der Waals surface area contributed by atoms with Crippen LogP contribution in [0.4, 0.5) is 4.39 Å². The molecule has 0 amide bonds. The Labute approximate surface area is 156 Å². The summed E-state index contributed by atoms with van der Waals surface area (Å²) in [6, 6.07) is 12.5. The van der Waals surface area contributed by atoms with Gasteiger partial charge in [0.2, 0.25) is 0 Å². The van der Waals surface area contributed by atoms with Crippen molar-refractivity contribution in [2.45, 2.75) is 13.3 Å². The van der Waals surface area contributed by atoms with E-state index >= 15 is 0 Å². The minimum absolute atomic E-state index is 0.164. The molecule has 1 N–H and O–H groups in total. The third-order valence-electron chi connectivity index (χ3n) is 4.21. The highest BCUT2D eigenvalue weighted by Gasteiger charge is 2.07. The molecule has 0 unspecified atom stereocenters. The van der Waals surface area contributed by atoms with Gasteiger partial charge in [0, 0.05) is 19.5 Å². The highest BCUT2D eigenvalue weighted by Crippen LogP contribution is 2.27. The molecule has 1 heterocycles. The molecule has 3 aromatic rings. The second-order valence-electron chi connectivity index (χ2n) is 6.05. The minimum atomic E-state index is -0.222. The Morgan fingerprint density at radius 1 is 1.15 bits per heavy atom. The van der Waals surface area contributed by atoms with E-state index in [1.54, 1.807) is 23.5 Å². The van der Waals surface area contributed by atoms with E-state index in [0.29, 0.717) is 19.6 Å². The van der Waals surface area contributed by atoms with Gasteiger partial charge in [-0.15, -0.1) is 11.3 Å². The number of nitrogens with zero attached hydrogens (tertiary/aromatic N) is 2. The van der Waals surface area contributed by atoms with Crippen LogP contribution < -0.4 is 4.74 Å². The molecule has 0 aliphatic heterocycles. The molecule has 2 aromatic carbocycles. The van der Waals surface area contributed by atoms with Gasteiger partial charge in [-0.1, -0.05) is 19.1 Å². The van der Waals surface area contributed by atoms with Crippen LogP contribution in [0.1, 0.15) is 17.5 Å². The molecule has 0 bridgehead atoms. The quantitative estimate of drug-likeness (QED) is 0.620. The van der Waals surface area contributed by atoms with Crippen molar-refractivity contribution < 1.29 is 14.2 Å². The van der Waals surface area contributed by atoms with Gasteiger partial charge in [0.15, 0.2) is 0 Å². The van der Waals surface area contributed by atoms with Crippen LogP contribution in [0.15, 0.2) is 42.5 Å². The van der Waals surface area contributed by atoms with Crippen LogP contribution in [0.2, 0.25) is 0 Å². The molecule has 0 radical (unpaired) electrons. The molecule has 0 fully saturated rings. The van der Waals surface area contributed by atoms with Crippen LogP contribution in [0, 0.1) is 5.82 Å². The van der Waals surface area contributed by atoms with Crippen LogP contribution in [-0.4, -0.2) is 47.8 Å². The van der Waals surface area contributed by atoms with Gasteiger partial charge in [0.25, 0.3) is 0 Å². The summed E-state index contributed by atoms with van der Waals surface area (Å²) in [5.41, 5.74) is 2.00. The molecule has 0 saturated carbocycles. The fourth-order valence-electron chi connectivity index (χ4n) is 2.76. The number of aromatic nitrogens is 1. The van der Waals surface area contributed by atoms with Gasteiger partial charge >= 0.3 is 0 Å². The van der Waals surface area contributed by atoms with Crippen molar-refractivity contribution in [3.63, 3.8) is 0 Å². The Hall–Kier alpha value is -2.02. The van der Waals surface area contributed by atoms with Crippen molar-refractivity contribution in [3.8, 4) is 5.75 Å². The number of halogens is 1. The van der Waals surface area contributed by atoms with E-state index in [0.717, 1.165) is 39.6 Å². The minimum Gasteiger partial charge on any atom is -0.492 e. The van der Waals surface area contributed by atoms with E-state index in [9.17, 15) is 4.39 Å². The van der Waals surface area contributed by atoms with Gasteiger partial charge in [-0.2, -0.15) is 0 Å². The van der Waals surface area contributed by atoms with Gasteiger partial charge in [0.05, 0.1) is 21.8 Å². The lowest BCUT2D eigenvalue weighted by Crippen LogP contribution is -2.30. The number of aliphatic hydroxyl groups is 1. The lowest BCUT2D eigenvalue weighted by molar-refractivity contribution is 0.174. The van der Waals surface area contributed by atoms with E-state index in [4.69, 9.17) is 9.84 Å². The molecule has 0 saturated heterocycles. The maximum Gasteiger partial charge on any atom is 0.123 e. The number of aliphatic hydroxyl groups excluding tert-OH is 1. The first-order valence-electron chi connectivity index (χ1n) is 8.78. The van der Waals surface area contributed by atoms with E-state index < -0.39 is 0 Å². The van der Waals surface area contributed by atoms with Gasteiger partial charge in [0.1, 0.15) is 18.2 Å². The fraction of sp³-hybridized carbons (Fsp3) is 0.350. The Balaban J connectivity index is 1.62. The number of rotatable bonds is 9. The van der Waals surface area contributed by atoms with Crippen molar-refractivity contribution in [1.29, 1.82) is 0 Å². The molecule has 4 nitrogen and oxygen atoms in total. The number of ether oxygens (including phenoxy) is 1. The monoisotopic (exact) mass is 374 g/mol. The maximum absolute atomic E-state index is 13.0. The predicted octanol–water partition coefficient (Wildman–Crippen LogP) is 3.72. The number of benzene rings is 2. The third kappa shape index (κ3) is 5.00. The molecule has 26 heavy (non-hydrogen) atoms. The van der Waals surface area contributed by atoms with Gasteiger partial charge < -0.3 is 9.84 Å². The van der Waals surface area contributed by atoms with Crippen LogP contribution >= 0.6 is 11.3 Å². The molecule has 6 heteroatoms. The zero-order valence-electron chi connectivity index (χ0n) is 14.8. The smallest absolute Gasteiger partial charge is 0.123 e. The summed E-state index contributed by atoms with van der Waals surface area (Å²) in [5, 5.41) is 10.0. The average Bonchev–Trinajstić information content (AvgIpc) is 3.04. The summed E-state index contributed by atoms with van der Waals surface area (Å²) < 4.78 is 19.9. The SMILES string of the molecule is CCN(CCO)CCOc1ccc2nc(Cc3ccc(F)cc3)sc2c1. The van der Waals surface area contributed by atoms with Crippen molar-refractivity contribution in [3.05, 3.63) is 58.9 Å². The van der Waals surface area contributed by atoms with Crippen LogP contribution in [0.5, 0.6) is 5.75 Å². The van der Waals surface area contributed by atoms with E-state index in [-0.39, 0.29) is 12.4 Å². The van der Waals surface area contributed by atoms with Gasteiger partial charge in [-0.3, -0.25) is 4.90 Å². The lowest BCUT2D eigenvalue weighted by atomic mass is 10.1. The number of thiazole rings is 1. The number of fused-ring (bicyclic) bond motifs is 1. The fourth-order valence-corrected chi connectivity index (χ4v) is 3.79. The summed E-state index contributed by atoms with van der Waals surface area (Å²) in [7, 11) is 0. The van der Waals surface area contributed by atoms with Crippen LogP contribution in [0.3, 0.4) is 0 Å². The summed E-state index contributed by atoms with van der Waals surface area (Å²) in [5.74, 6) is 0.606. The third-order valence-corrected chi connectivity index (χ3v) is 5.23. The first-order chi connectivity index (χ1) is 12.7. The second kappa shape index (κ2) is 9.07. The van der Waals surface area contributed by atoms with Crippen molar-refractivity contribution in [1.82, 2.24) is 9.88 Å². The Morgan fingerprint density at radius 2 is 1.96 bits per heavy atom. The summed E-state index contributed by atoms with van der Waals surface area (Å²) in [6.45, 7) is 5.17. The molecule has 3 rings (SSSR count). The molecular weight excluding hydrogens is 351 g/mol. The average molecular weight is 374 g/mol. The van der Waals surface area contributed by atoms with Crippen LogP contribution in [-0.2, 0) is 6.42 Å². The van der Waals surface area contributed by atoms with Crippen molar-refractivity contribution >= 4 is 21.6 Å². The number of likely N-dealkylation sites (N-methyl/N-ethyl adjacent to an activating group) is 1. The zero-order chi connectivity index (χ0) is 18.4. The molecule has 1 aromatic heterocycles. The standard InChI is InChI=1S/C20H23FN2O2S/c1-2-23(9-11-24)10-12-25-17-7-8-18-19(14-17)26-20(22-18)13-15-3-5-16(21)6-4-15/h3-8,14,24H,2,9-13H2,1H3. The van der Waals surface area contributed by atoms with Gasteiger partial charge in [-0.05, 0) is 42.4 Å². The summed E-state index contributed by atoms with van der Waals surface area (Å²) in [4.78, 5) is 6.80. The van der Waals surface area contributed by atoms with E-state index in [1.165, 1.54) is 12.1 Å². The first kappa shape index (κ1) is 18.8. The topological polar surface area (TPSA) is 45.6 Å². The lowest BCUT2D eigenvalue weighted by Gasteiger charge is -2.19. The van der Waals surface area contributed by atoms with E-state index in [1.807, 2.05) is 18.2 Å². The molecule has 0 atom stereocenters. The number of hydrogen-bond donors (Lipinski definition) is 1.